The monoisotopic (exact) mass is 1090 g/mol. The van der Waals surface area contributed by atoms with Crippen LogP contribution in [0.25, 0.3) is 11.3 Å². The predicted octanol–water partition coefficient (Wildman–Crippen LogP) is 15.1. The first-order chi connectivity index (χ1) is 36.8. The molecule has 8 rings (SSSR count). The number of ketones is 2. The fourth-order valence-corrected chi connectivity index (χ4v) is 11.1. The van der Waals surface area contributed by atoms with Gasteiger partial charge in [0.25, 0.3) is 0 Å². The van der Waals surface area contributed by atoms with Gasteiger partial charge in [0.1, 0.15) is 28.9 Å². The molecule has 0 aliphatic carbocycles. The normalized spacial score (nSPS) is 15.2. The molecule has 5 aromatic carbocycles. The first-order valence-electron chi connectivity index (χ1n) is 26.6. The first-order valence-corrected chi connectivity index (χ1v) is 27.7. The SMILES string of the molecule is COc1cc(Cc2ncc3c(n2)-c2ccc(Cl)cc2C(c2c(F)cccc2OC)=NC3)ccc1C(=O)CCCCCCCCCCCC(=O)CC(=O)N1C[C@H](CC(C)C)N(c2ccc(Cl)cc2)[C@H](c2ccc(Cl)cc2)C1. The molecule has 1 amide bonds. The van der Waals surface area contributed by atoms with E-state index in [2.05, 4.69) is 23.7 Å². The summed E-state index contributed by atoms with van der Waals surface area (Å²) in [6, 6.07) is 31.5. The standard InChI is InChI=1S/C62H67Cl3FN5O5/c1-40(2)31-48-38-70(39-54(42-20-22-44(63)23-21-42)71(48)47-27-24-45(64)25-28-47)59(74)35-49(72)15-12-10-8-6-5-7-9-11-13-17-55(73)51-29-19-41(32-57(51)76-4)33-58-67-36-43-37-68-62(60-53(66)16-14-18-56(60)75-3)52-34-46(65)26-30-50(52)61(43)69-58/h14,16,18-30,32,34,36,40,48,54H,5-13,15,17,31,33,35,37-39H2,1-4H3/t48-,54-/m0/s1. The number of carbonyl (C=O) groups is 3. The molecule has 2 atom stereocenters. The lowest BCUT2D eigenvalue weighted by Gasteiger charge is -2.49. The molecule has 10 nitrogen and oxygen atoms in total. The van der Waals surface area contributed by atoms with Crippen LogP contribution < -0.4 is 14.4 Å². The number of amides is 1. The van der Waals surface area contributed by atoms with Crippen molar-refractivity contribution >= 4 is 63.7 Å². The van der Waals surface area contributed by atoms with Gasteiger partial charge in [0.05, 0.1) is 55.8 Å². The molecular formula is C62H67Cl3FN5O5. The maximum atomic E-state index is 15.4. The lowest BCUT2D eigenvalue weighted by molar-refractivity contribution is -0.136. The second-order valence-corrected chi connectivity index (χ2v) is 21.7. The van der Waals surface area contributed by atoms with Crippen molar-refractivity contribution in [1.29, 1.82) is 0 Å². The molecule has 6 aromatic rings. The quantitative estimate of drug-likeness (QED) is 0.0334. The molecule has 1 fully saturated rings. The van der Waals surface area contributed by atoms with Crippen molar-refractivity contribution < 1.29 is 28.2 Å². The lowest BCUT2D eigenvalue weighted by Crippen LogP contribution is -2.57. The topological polar surface area (TPSA) is 114 Å². The summed E-state index contributed by atoms with van der Waals surface area (Å²) >= 11 is 19.1. The van der Waals surface area contributed by atoms with Crippen molar-refractivity contribution in [2.24, 2.45) is 10.9 Å². The van der Waals surface area contributed by atoms with E-state index in [0.717, 1.165) is 92.1 Å². The number of hydrogen-bond donors (Lipinski definition) is 0. The third kappa shape index (κ3) is 14.3. The minimum Gasteiger partial charge on any atom is -0.496 e. The summed E-state index contributed by atoms with van der Waals surface area (Å²) in [6.07, 6.45) is 12.7. The molecule has 0 radical (unpaired) electrons. The highest BCUT2D eigenvalue weighted by Gasteiger charge is 2.38. The number of hydrogen-bond acceptors (Lipinski definition) is 9. The number of carbonyl (C=O) groups excluding carboxylic acids is 3. The number of unbranched alkanes of at least 4 members (excludes halogenated alkanes) is 8. The number of nitrogens with zero attached hydrogens (tertiary/aromatic N) is 5. The Kier molecular flexibility index (Phi) is 19.7. The van der Waals surface area contributed by atoms with Gasteiger partial charge in [-0.2, -0.15) is 0 Å². The highest BCUT2D eigenvalue weighted by atomic mass is 35.5. The average molecular weight is 1090 g/mol. The number of piperazine rings is 1. The van der Waals surface area contributed by atoms with Crippen molar-refractivity contribution in [3.63, 3.8) is 0 Å². The number of aliphatic imine (C=N–C) groups is 1. The summed E-state index contributed by atoms with van der Waals surface area (Å²) in [5.74, 6) is 1.36. The van der Waals surface area contributed by atoms with Crippen LogP contribution >= 0.6 is 34.8 Å². The number of halogens is 4. The Labute approximate surface area is 462 Å². The van der Waals surface area contributed by atoms with Crippen LogP contribution in [-0.4, -0.2) is 71.4 Å². The maximum Gasteiger partial charge on any atom is 0.230 e. The first kappa shape index (κ1) is 56.1. The van der Waals surface area contributed by atoms with Crippen molar-refractivity contribution in [2.75, 3.05) is 32.2 Å². The summed E-state index contributed by atoms with van der Waals surface area (Å²) in [4.78, 5) is 59.2. The molecule has 3 heterocycles. The average Bonchev–Trinajstić information content (AvgIpc) is 3.56. The van der Waals surface area contributed by atoms with Crippen LogP contribution in [0.3, 0.4) is 0 Å². The largest absolute Gasteiger partial charge is 0.496 e. The Morgan fingerprint density at radius 1 is 0.724 bits per heavy atom. The number of methoxy groups -OCH3 is 2. The van der Waals surface area contributed by atoms with E-state index < -0.39 is 5.82 Å². The molecule has 76 heavy (non-hydrogen) atoms. The fraction of sp³-hybridized carbons (Fsp3) is 0.387. The molecular weight excluding hydrogens is 1020 g/mol. The summed E-state index contributed by atoms with van der Waals surface area (Å²) < 4.78 is 26.6. The van der Waals surface area contributed by atoms with Crippen molar-refractivity contribution in [3.05, 3.63) is 169 Å². The summed E-state index contributed by atoms with van der Waals surface area (Å²) in [5, 5.41) is 1.82. The molecule has 2 aliphatic heterocycles. The molecule has 0 unspecified atom stereocenters. The van der Waals surface area contributed by atoms with E-state index >= 15 is 4.39 Å². The van der Waals surface area contributed by atoms with Crippen LogP contribution in [0.2, 0.25) is 15.1 Å². The van der Waals surface area contributed by atoms with Gasteiger partial charge >= 0.3 is 0 Å². The van der Waals surface area contributed by atoms with Crippen LogP contribution in [0, 0.1) is 11.7 Å². The third-order valence-electron chi connectivity index (χ3n) is 14.4. The molecule has 2 aliphatic rings. The molecule has 0 saturated carbocycles. The number of anilines is 1. The number of ether oxygens (including phenoxy) is 2. The van der Waals surface area contributed by atoms with E-state index in [9.17, 15) is 14.4 Å². The second kappa shape index (κ2) is 26.8. The molecule has 398 valence electrons. The number of Topliss-reactive ketones (excluding diaryl/α,β-unsaturated/α-hetero) is 2. The highest BCUT2D eigenvalue weighted by Crippen LogP contribution is 2.39. The summed E-state index contributed by atoms with van der Waals surface area (Å²) in [7, 11) is 3.08. The third-order valence-corrected chi connectivity index (χ3v) is 15.2. The number of fused-ring (bicyclic) bond motifs is 3. The summed E-state index contributed by atoms with van der Waals surface area (Å²) in [6.45, 7) is 5.66. The van der Waals surface area contributed by atoms with Gasteiger partial charge in [0.2, 0.25) is 5.91 Å². The zero-order valence-electron chi connectivity index (χ0n) is 43.9. The van der Waals surface area contributed by atoms with Gasteiger partial charge < -0.3 is 19.3 Å². The number of benzene rings is 5. The van der Waals surface area contributed by atoms with E-state index in [1.807, 2.05) is 77.7 Å². The maximum absolute atomic E-state index is 15.4. The van der Waals surface area contributed by atoms with Crippen molar-refractivity contribution in [2.45, 2.75) is 122 Å². The van der Waals surface area contributed by atoms with Crippen LogP contribution in [0.4, 0.5) is 10.1 Å². The zero-order valence-corrected chi connectivity index (χ0v) is 46.2. The Hall–Kier alpha value is -6.14. The summed E-state index contributed by atoms with van der Waals surface area (Å²) in [5.41, 5.74) is 7.14. The molecule has 14 heteroatoms. The van der Waals surface area contributed by atoms with E-state index in [-0.39, 0.29) is 48.1 Å². The highest BCUT2D eigenvalue weighted by molar-refractivity contribution is 6.32. The van der Waals surface area contributed by atoms with Gasteiger partial charge in [-0.25, -0.2) is 14.4 Å². The van der Waals surface area contributed by atoms with Gasteiger partial charge in [0.15, 0.2) is 5.78 Å². The number of rotatable bonds is 24. The minimum absolute atomic E-state index is 0.00281. The van der Waals surface area contributed by atoms with Crippen LogP contribution in [0.5, 0.6) is 11.5 Å². The smallest absolute Gasteiger partial charge is 0.230 e. The van der Waals surface area contributed by atoms with E-state index in [0.29, 0.717) is 93.2 Å². The van der Waals surface area contributed by atoms with Gasteiger partial charge in [-0.15, -0.1) is 0 Å². The van der Waals surface area contributed by atoms with Crippen molar-refractivity contribution in [1.82, 2.24) is 14.9 Å². The number of aromatic nitrogens is 2. The predicted molar refractivity (Wildman–Crippen MR) is 303 cm³/mol. The Morgan fingerprint density at radius 2 is 1.38 bits per heavy atom. The fourth-order valence-electron chi connectivity index (χ4n) is 10.6. The Balaban J connectivity index is 0.748. The molecule has 0 N–H and O–H groups in total. The van der Waals surface area contributed by atoms with Gasteiger partial charge in [0, 0.05) is 82.0 Å². The molecule has 1 saturated heterocycles. The zero-order chi connectivity index (χ0) is 53.7. The van der Waals surface area contributed by atoms with E-state index in [1.54, 1.807) is 37.6 Å². The second-order valence-electron chi connectivity index (χ2n) is 20.4. The van der Waals surface area contributed by atoms with E-state index in [4.69, 9.17) is 54.3 Å². The Morgan fingerprint density at radius 3 is 2.07 bits per heavy atom. The van der Waals surface area contributed by atoms with Crippen LogP contribution in [0.15, 0.2) is 114 Å². The molecule has 1 aromatic heterocycles. The lowest BCUT2D eigenvalue weighted by atomic mass is 9.92. The van der Waals surface area contributed by atoms with Crippen LogP contribution in [-0.2, 0) is 22.6 Å². The molecule has 0 bridgehead atoms. The van der Waals surface area contributed by atoms with Gasteiger partial charge in [-0.1, -0.05) is 124 Å². The van der Waals surface area contributed by atoms with Gasteiger partial charge in [-0.05, 0) is 109 Å². The van der Waals surface area contributed by atoms with Gasteiger partial charge in [-0.3, -0.25) is 19.4 Å². The Bertz CT molecular complexity index is 3020. The van der Waals surface area contributed by atoms with E-state index in [1.165, 1.54) is 13.2 Å². The minimum atomic E-state index is -0.453. The van der Waals surface area contributed by atoms with Crippen molar-refractivity contribution in [3.8, 4) is 22.8 Å². The van der Waals surface area contributed by atoms with Crippen LogP contribution in [0.1, 0.15) is 147 Å². The molecule has 0 spiro atoms.